The molecule has 0 amide bonds. The lowest BCUT2D eigenvalue weighted by atomic mass is 10.1. The molecule has 6 heteroatoms. The molecule has 1 aromatic carbocycles. The molecule has 1 aromatic rings. The molecule has 0 radical (unpaired) electrons. The Morgan fingerprint density at radius 1 is 1.14 bits per heavy atom. The Hall–Kier alpha value is -1.16. The van der Waals surface area contributed by atoms with Crippen molar-refractivity contribution in [3.05, 3.63) is 23.3 Å². The van der Waals surface area contributed by atoms with E-state index in [9.17, 15) is 9.36 Å². The van der Waals surface area contributed by atoms with Gasteiger partial charge in [0.15, 0.2) is 0 Å². The molecule has 0 saturated heterocycles. The van der Waals surface area contributed by atoms with Gasteiger partial charge >= 0.3 is 13.6 Å². The van der Waals surface area contributed by atoms with Gasteiger partial charge in [0, 0.05) is 6.92 Å². The molecule has 0 aliphatic carbocycles. The molecule has 0 heterocycles. The van der Waals surface area contributed by atoms with E-state index in [1.807, 2.05) is 13.8 Å². The zero-order valence-electron chi connectivity index (χ0n) is 13.3. The average Bonchev–Trinajstić information content (AvgIpc) is 2.40. The normalized spacial score (nSPS) is 11.5. The predicted molar refractivity (Wildman–Crippen MR) is 82.4 cm³/mol. The largest absolute Gasteiger partial charge is 0.426 e. The van der Waals surface area contributed by atoms with Gasteiger partial charge in [0.25, 0.3) is 0 Å². The Bertz CT molecular complexity index is 543. The molecular formula is C15H23O5P. The fourth-order valence-electron chi connectivity index (χ4n) is 2.06. The van der Waals surface area contributed by atoms with E-state index in [1.165, 1.54) is 6.92 Å². The second-order valence-electron chi connectivity index (χ2n) is 4.53. The van der Waals surface area contributed by atoms with E-state index < -0.39 is 7.60 Å². The van der Waals surface area contributed by atoms with Crippen LogP contribution in [-0.4, -0.2) is 19.2 Å². The molecule has 0 bridgehead atoms. The van der Waals surface area contributed by atoms with Crippen molar-refractivity contribution >= 4 is 18.9 Å². The van der Waals surface area contributed by atoms with Crippen LogP contribution in [0.1, 0.15) is 38.8 Å². The van der Waals surface area contributed by atoms with Crippen molar-refractivity contribution in [3.63, 3.8) is 0 Å². The minimum atomic E-state index is -3.33. The Balaban J connectivity index is 3.35. The highest BCUT2D eigenvalue weighted by atomic mass is 31.2. The topological polar surface area (TPSA) is 61.8 Å². The third-order valence-corrected chi connectivity index (χ3v) is 4.96. The summed E-state index contributed by atoms with van der Waals surface area (Å²) in [4.78, 5) is 11.2. The highest BCUT2D eigenvalue weighted by molar-refractivity contribution is 7.62. The molecule has 0 spiro atoms. The SMILES string of the molecule is CCOP(=O)(OCC)c1cc(C)c(OC(C)=O)c(CC)c1. The summed E-state index contributed by atoms with van der Waals surface area (Å²) < 4.78 is 28.8. The van der Waals surface area contributed by atoms with Gasteiger partial charge in [-0.3, -0.25) is 9.36 Å². The van der Waals surface area contributed by atoms with Crippen molar-refractivity contribution in [1.82, 2.24) is 0 Å². The molecule has 1 rings (SSSR count). The van der Waals surface area contributed by atoms with Gasteiger partial charge in [0.1, 0.15) is 5.75 Å². The molecule has 5 nitrogen and oxygen atoms in total. The maximum Gasteiger partial charge on any atom is 0.361 e. The first kappa shape index (κ1) is 17.9. The Morgan fingerprint density at radius 2 is 1.71 bits per heavy atom. The fourth-order valence-corrected chi connectivity index (χ4v) is 3.78. The summed E-state index contributed by atoms with van der Waals surface area (Å²) in [5.74, 6) is 0.145. The number of esters is 1. The van der Waals surface area contributed by atoms with Gasteiger partial charge in [-0.1, -0.05) is 6.92 Å². The lowest BCUT2D eigenvalue weighted by Gasteiger charge is -2.20. The van der Waals surface area contributed by atoms with Crippen LogP contribution in [0.3, 0.4) is 0 Å². The van der Waals surface area contributed by atoms with E-state index in [0.717, 1.165) is 11.1 Å². The Labute approximate surface area is 126 Å². The van der Waals surface area contributed by atoms with Gasteiger partial charge in [-0.15, -0.1) is 0 Å². The molecule has 0 aliphatic rings. The van der Waals surface area contributed by atoms with Crippen molar-refractivity contribution in [1.29, 1.82) is 0 Å². The summed E-state index contributed by atoms with van der Waals surface area (Å²) in [6.45, 7) is 9.24. The monoisotopic (exact) mass is 314 g/mol. The van der Waals surface area contributed by atoms with E-state index in [2.05, 4.69) is 0 Å². The zero-order valence-corrected chi connectivity index (χ0v) is 14.2. The molecule has 0 N–H and O–H groups in total. The third-order valence-electron chi connectivity index (χ3n) is 2.88. The van der Waals surface area contributed by atoms with Crippen LogP contribution in [0.5, 0.6) is 5.75 Å². The van der Waals surface area contributed by atoms with Gasteiger partial charge in [-0.2, -0.15) is 0 Å². The first-order chi connectivity index (χ1) is 9.87. The van der Waals surface area contributed by atoms with E-state index >= 15 is 0 Å². The number of carbonyl (C=O) groups excluding carboxylic acids is 1. The lowest BCUT2D eigenvalue weighted by molar-refractivity contribution is -0.131. The summed E-state index contributed by atoms with van der Waals surface area (Å²) in [6.07, 6.45) is 0.648. The first-order valence-corrected chi connectivity index (χ1v) is 8.63. The highest BCUT2D eigenvalue weighted by Gasteiger charge is 2.28. The fraction of sp³-hybridized carbons (Fsp3) is 0.533. The first-order valence-electron chi connectivity index (χ1n) is 7.09. The summed E-state index contributed by atoms with van der Waals surface area (Å²) in [6, 6.07) is 3.43. The third kappa shape index (κ3) is 4.40. The van der Waals surface area contributed by atoms with E-state index in [0.29, 0.717) is 30.7 Å². The van der Waals surface area contributed by atoms with Crippen LogP contribution in [0, 0.1) is 6.92 Å². The number of hydrogen-bond donors (Lipinski definition) is 0. The van der Waals surface area contributed by atoms with Crippen molar-refractivity contribution in [3.8, 4) is 5.75 Å². The number of carbonyl (C=O) groups is 1. The number of benzene rings is 1. The molecular weight excluding hydrogens is 291 g/mol. The van der Waals surface area contributed by atoms with Crippen LogP contribution in [0.25, 0.3) is 0 Å². The van der Waals surface area contributed by atoms with Crippen LogP contribution in [-0.2, 0) is 24.8 Å². The molecule has 0 aromatic heterocycles. The van der Waals surface area contributed by atoms with Gasteiger partial charge in [-0.05, 0) is 50.5 Å². The lowest BCUT2D eigenvalue weighted by Crippen LogP contribution is -2.14. The number of aryl methyl sites for hydroxylation is 2. The average molecular weight is 314 g/mol. The van der Waals surface area contributed by atoms with E-state index in [4.69, 9.17) is 13.8 Å². The van der Waals surface area contributed by atoms with Gasteiger partial charge in [0.2, 0.25) is 0 Å². The standard InChI is InChI=1S/C15H23O5P/c1-6-13-10-14(21(17,18-7-2)19-8-3)9-11(4)15(13)20-12(5)16/h9-10H,6-8H2,1-5H3. The molecule has 21 heavy (non-hydrogen) atoms. The van der Waals surface area contributed by atoms with E-state index in [1.54, 1.807) is 26.0 Å². The van der Waals surface area contributed by atoms with Crippen LogP contribution < -0.4 is 10.0 Å². The van der Waals surface area contributed by atoms with Gasteiger partial charge in [0.05, 0.1) is 18.5 Å². The van der Waals surface area contributed by atoms with Crippen molar-refractivity contribution in [2.45, 2.75) is 41.0 Å². The highest BCUT2D eigenvalue weighted by Crippen LogP contribution is 2.47. The quantitative estimate of drug-likeness (QED) is 0.439. The molecule has 0 aliphatic heterocycles. The van der Waals surface area contributed by atoms with Crippen LogP contribution in [0.4, 0.5) is 0 Å². The van der Waals surface area contributed by atoms with E-state index in [-0.39, 0.29) is 5.97 Å². The molecule has 0 unspecified atom stereocenters. The molecule has 0 fully saturated rings. The maximum atomic E-state index is 12.8. The van der Waals surface area contributed by atoms with Crippen molar-refractivity contribution < 1.29 is 23.1 Å². The predicted octanol–water partition coefficient (Wildman–Crippen LogP) is 3.37. The number of ether oxygens (including phenoxy) is 1. The number of hydrogen-bond acceptors (Lipinski definition) is 5. The summed E-state index contributed by atoms with van der Waals surface area (Å²) in [5.41, 5.74) is 1.54. The van der Waals surface area contributed by atoms with Crippen molar-refractivity contribution in [2.75, 3.05) is 13.2 Å². The molecule has 0 atom stereocenters. The van der Waals surface area contributed by atoms with Gasteiger partial charge < -0.3 is 13.8 Å². The summed E-state index contributed by atoms with van der Waals surface area (Å²) >= 11 is 0. The Morgan fingerprint density at radius 3 is 2.14 bits per heavy atom. The van der Waals surface area contributed by atoms with Crippen LogP contribution in [0.15, 0.2) is 12.1 Å². The Kier molecular flexibility index (Phi) is 6.59. The summed E-state index contributed by atoms with van der Waals surface area (Å²) in [5, 5.41) is 0.497. The smallest absolute Gasteiger partial charge is 0.361 e. The zero-order chi connectivity index (χ0) is 16.0. The van der Waals surface area contributed by atoms with Crippen molar-refractivity contribution in [2.24, 2.45) is 0 Å². The minimum absolute atomic E-state index is 0.295. The van der Waals surface area contributed by atoms with Gasteiger partial charge in [-0.25, -0.2) is 0 Å². The number of rotatable bonds is 7. The van der Waals surface area contributed by atoms with Crippen LogP contribution in [0.2, 0.25) is 0 Å². The summed E-state index contributed by atoms with van der Waals surface area (Å²) in [7, 11) is -3.33. The minimum Gasteiger partial charge on any atom is -0.426 e. The molecule has 0 saturated carbocycles. The second kappa shape index (κ2) is 7.74. The molecule has 118 valence electrons. The van der Waals surface area contributed by atoms with Crippen LogP contribution >= 0.6 is 7.60 Å². The second-order valence-corrected chi connectivity index (χ2v) is 6.56. The maximum absolute atomic E-state index is 12.8.